The molecule has 0 saturated carbocycles. The first kappa shape index (κ1) is 16.6. The average molecular weight is 321 g/mol. The molecular weight excluding hydrogens is 301 g/mol. The summed E-state index contributed by atoms with van der Waals surface area (Å²) >= 11 is 1.25. The van der Waals surface area contributed by atoms with Crippen LogP contribution in [-0.4, -0.2) is 23.5 Å². The van der Waals surface area contributed by atoms with Crippen LogP contribution in [-0.2, 0) is 0 Å². The van der Waals surface area contributed by atoms with Crippen LogP contribution in [0.1, 0.15) is 30.8 Å². The van der Waals surface area contributed by atoms with Crippen LogP contribution >= 0.6 is 11.3 Å². The molecule has 2 rings (SSSR count). The highest BCUT2D eigenvalue weighted by atomic mass is 32.1. The van der Waals surface area contributed by atoms with Crippen molar-refractivity contribution in [1.29, 1.82) is 0 Å². The van der Waals surface area contributed by atoms with Crippen LogP contribution in [0.3, 0.4) is 0 Å². The van der Waals surface area contributed by atoms with Gasteiger partial charge in [-0.3, -0.25) is 4.79 Å². The highest BCUT2D eigenvalue weighted by Crippen LogP contribution is 2.26. The fourth-order valence-corrected chi connectivity index (χ4v) is 3.01. The molecule has 1 atom stereocenters. The SMILES string of the molecule is CC(C)CC(CN)NC(=O)c1csc(-c2ccccc2F)n1. The first-order chi connectivity index (χ1) is 10.5. The number of rotatable bonds is 6. The Labute approximate surface area is 133 Å². The molecule has 0 bridgehead atoms. The van der Waals surface area contributed by atoms with E-state index in [2.05, 4.69) is 24.1 Å². The summed E-state index contributed by atoms with van der Waals surface area (Å²) in [5, 5.41) is 5.02. The zero-order chi connectivity index (χ0) is 16.1. The van der Waals surface area contributed by atoms with Gasteiger partial charge in [0.2, 0.25) is 0 Å². The number of nitrogens with zero attached hydrogens (tertiary/aromatic N) is 1. The molecule has 22 heavy (non-hydrogen) atoms. The number of carbonyl (C=O) groups excluding carboxylic acids is 1. The van der Waals surface area contributed by atoms with Crippen molar-refractivity contribution in [2.75, 3.05) is 6.54 Å². The van der Waals surface area contributed by atoms with Gasteiger partial charge in [0, 0.05) is 23.5 Å². The number of halogens is 1. The zero-order valence-electron chi connectivity index (χ0n) is 12.7. The number of thiazole rings is 1. The van der Waals surface area contributed by atoms with Gasteiger partial charge in [0.25, 0.3) is 5.91 Å². The summed E-state index contributed by atoms with van der Waals surface area (Å²) in [7, 11) is 0. The second-order valence-corrected chi connectivity index (χ2v) is 6.41. The molecule has 1 unspecified atom stereocenters. The largest absolute Gasteiger partial charge is 0.347 e. The molecule has 1 amide bonds. The Bertz CT molecular complexity index is 642. The minimum Gasteiger partial charge on any atom is -0.347 e. The maximum atomic E-state index is 13.7. The number of carbonyl (C=O) groups is 1. The first-order valence-electron chi connectivity index (χ1n) is 7.22. The second-order valence-electron chi connectivity index (χ2n) is 5.55. The standard InChI is InChI=1S/C16H20FN3OS/c1-10(2)7-11(8-18)19-15(21)14-9-22-16(20-14)12-5-3-4-6-13(12)17/h3-6,9-11H,7-8,18H2,1-2H3,(H,19,21). The highest BCUT2D eigenvalue weighted by Gasteiger charge is 2.17. The van der Waals surface area contributed by atoms with E-state index in [9.17, 15) is 9.18 Å². The van der Waals surface area contributed by atoms with E-state index in [4.69, 9.17) is 5.73 Å². The summed E-state index contributed by atoms with van der Waals surface area (Å²) in [5.74, 6) is -0.170. The molecule has 6 heteroatoms. The Balaban J connectivity index is 2.11. The van der Waals surface area contributed by atoms with E-state index < -0.39 is 0 Å². The summed E-state index contributed by atoms with van der Waals surface area (Å²) in [4.78, 5) is 16.4. The quantitative estimate of drug-likeness (QED) is 0.859. The number of aromatic nitrogens is 1. The van der Waals surface area contributed by atoms with E-state index in [-0.39, 0.29) is 17.8 Å². The summed E-state index contributed by atoms with van der Waals surface area (Å²) in [6, 6.07) is 6.32. The Morgan fingerprint density at radius 1 is 1.41 bits per heavy atom. The molecule has 4 nitrogen and oxygen atoms in total. The molecule has 0 radical (unpaired) electrons. The van der Waals surface area contributed by atoms with Gasteiger partial charge >= 0.3 is 0 Å². The molecule has 1 aromatic heterocycles. The average Bonchev–Trinajstić information content (AvgIpc) is 2.96. The van der Waals surface area contributed by atoms with Gasteiger partial charge in [0.1, 0.15) is 16.5 Å². The molecule has 2 aromatic rings. The van der Waals surface area contributed by atoms with Gasteiger partial charge in [-0.1, -0.05) is 26.0 Å². The van der Waals surface area contributed by atoms with Crippen LogP contribution in [0, 0.1) is 11.7 Å². The molecule has 0 aliphatic carbocycles. The molecule has 0 aliphatic rings. The van der Waals surface area contributed by atoms with Gasteiger partial charge in [0.15, 0.2) is 0 Å². The van der Waals surface area contributed by atoms with Crippen LogP contribution < -0.4 is 11.1 Å². The predicted octanol–water partition coefficient (Wildman–Crippen LogP) is 3.05. The topological polar surface area (TPSA) is 68.0 Å². The van der Waals surface area contributed by atoms with Crippen molar-refractivity contribution < 1.29 is 9.18 Å². The Morgan fingerprint density at radius 3 is 2.77 bits per heavy atom. The monoisotopic (exact) mass is 321 g/mol. The van der Waals surface area contributed by atoms with E-state index in [1.807, 2.05) is 0 Å². The molecule has 0 fully saturated rings. The van der Waals surface area contributed by atoms with E-state index in [1.54, 1.807) is 23.6 Å². The van der Waals surface area contributed by atoms with Crippen molar-refractivity contribution >= 4 is 17.2 Å². The Kier molecular flexibility index (Phi) is 5.63. The van der Waals surface area contributed by atoms with Crippen LogP contribution in [0.25, 0.3) is 10.6 Å². The highest BCUT2D eigenvalue weighted by molar-refractivity contribution is 7.13. The lowest BCUT2D eigenvalue weighted by Gasteiger charge is -2.18. The van der Waals surface area contributed by atoms with Crippen LogP contribution in [0.15, 0.2) is 29.6 Å². The number of benzene rings is 1. The lowest BCUT2D eigenvalue weighted by Crippen LogP contribution is -2.41. The van der Waals surface area contributed by atoms with E-state index in [0.29, 0.717) is 28.7 Å². The fraction of sp³-hybridized carbons (Fsp3) is 0.375. The molecule has 3 N–H and O–H groups in total. The van der Waals surface area contributed by atoms with Gasteiger partial charge in [-0.2, -0.15) is 0 Å². The maximum absolute atomic E-state index is 13.7. The van der Waals surface area contributed by atoms with E-state index in [0.717, 1.165) is 6.42 Å². The predicted molar refractivity (Wildman–Crippen MR) is 87.3 cm³/mol. The van der Waals surface area contributed by atoms with Crippen LogP contribution in [0.2, 0.25) is 0 Å². The number of hydrogen-bond acceptors (Lipinski definition) is 4. The summed E-state index contributed by atoms with van der Waals surface area (Å²) < 4.78 is 13.7. The molecule has 0 aliphatic heterocycles. The van der Waals surface area contributed by atoms with Gasteiger partial charge in [-0.25, -0.2) is 9.37 Å². The third-order valence-electron chi connectivity index (χ3n) is 3.22. The van der Waals surface area contributed by atoms with Crippen molar-refractivity contribution in [3.05, 3.63) is 41.2 Å². The van der Waals surface area contributed by atoms with Crippen molar-refractivity contribution in [3.63, 3.8) is 0 Å². The van der Waals surface area contributed by atoms with Gasteiger partial charge < -0.3 is 11.1 Å². The van der Waals surface area contributed by atoms with Gasteiger partial charge in [-0.15, -0.1) is 11.3 Å². The third kappa shape index (κ3) is 4.11. The fourth-order valence-electron chi connectivity index (χ4n) is 2.18. The Morgan fingerprint density at radius 2 is 2.14 bits per heavy atom. The number of amides is 1. The van der Waals surface area contributed by atoms with Crippen molar-refractivity contribution in [2.45, 2.75) is 26.3 Å². The molecular formula is C16H20FN3OS. The van der Waals surface area contributed by atoms with E-state index >= 15 is 0 Å². The number of nitrogens with two attached hydrogens (primary N) is 1. The number of nitrogens with one attached hydrogen (secondary N) is 1. The normalized spacial score (nSPS) is 12.4. The zero-order valence-corrected chi connectivity index (χ0v) is 13.5. The molecule has 1 aromatic carbocycles. The Hall–Kier alpha value is -1.79. The summed E-state index contributed by atoms with van der Waals surface area (Å²) in [5.41, 5.74) is 6.38. The third-order valence-corrected chi connectivity index (χ3v) is 4.09. The molecule has 0 spiro atoms. The second kappa shape index (κ2) is 7.47. The maximum Gasteiger partial charge on any atom is 0.271 e. The minimum atomic E-state index is -0.344. The molecule has 118 valence electrons. The van der Waals surface area contributed by atoms with Crippen LogP contribution in [0.5, 0.6) is 0 Å². The van der Waals surface area contributed by atoms with Crippen molar-refractivity contribution in [2.24, 2.45) is 11.7 Å². The smallest absolute Gasteiger partial charge is 0.271 e. The van der Waals surface area contributed by atoms with Crippen LogP contribution in [0.4, 0.5) is 4.39 Å². The van der Waals surface area contributed by atoms with Gasteiger partial charge in [0.05, 0.1) is 0 Å². The summed E-state index contributed by atoms with van der Waals surface area (Å²) in [6.45, 7) is 4.54. The lowest BCUT2D eigenvalue weighted by molar-refractivity contribution is 0.0929. The number of hydrogen-bond donors (Lipinski definition) is 2. The van der Waals surface area contributed by atoms with E-state index in [1.165, 1.54) is 17.4 Å². The van der Waals surface area contributed by atoms with Crippen molar-refractivity contribution in [1.82, 2.24) is 10.3 Å². The molecule has 0 saturated heterocycles. The minimum absolute atomic E-state index is 0.0777. The van der Waals surface area contributed by atoms with Gasteiger partial charge in [-0.05, 0) is 24.5 Å². The van der Waals surface area contributed by atoms with Crippen molar-refractivity contribution in [3.8, 4) is 10.6 Å². The first-order valence-corrected chi connectivity index (χ1v) is 8.10. The summed E-state index contributed by atoms with van der Waals surface area (Å²) in [6.07, 6.45) is 0.812. The molecule has 1 heterocycles. The lowest BCUT2D eigenvalue weighted by atomic mass is 10.0.